The summed E-state index contributed by atoms with van der Waals surface area (Å²) in [5, 5.41) is 6.96. The van der Waals surface area contributed by atoms with E-state index in [0.717, 1.165) is 16.3 Å². The van der Waals surface area contributed by atoms with Crippen molar-refractivity contribution in [3.8, 4) is 10.6 Å². The number of H-pyrrole nitrogens is 1. The molecule has 3 rings (SSSR count). The topological polar surface area (TPSA) is 87.7 Å². The number of aromatic amines is 1. The standard InChI is InChI=1S/C13H12N4O2S2/c1-9-7-11(16-15-9)12-4-5-13(20-12)21(18,19)17-10-3-2-6-14-8-10/h2-8,17H,1H3,(H,15,16). The Bertz CT molecular complexity index is 853. The van der Waals surface area contributed by atoms with Gasteiger partial charge in [-0.05, 0) is 37.3 Å². The van der Waals surface area contributed by atoms with E-state index in [4.69, 9.17) is 0 Å². The van der Waals surface area contributed by atoms with Gasteiger partial charge in [-0.25, -0.2) is 8.42 Å². The fraction of sp³-hybridized carbons (Fsp3) is 0.0769. The average Bonchev–Trinajstić information content (AvgIpc) is 3.08. The van der Waals surface area contributed by atoms with Gasteiger partial charge in [0.25, 0.3) is 10.0 Å². The third-order valence-corrected chi connectivity index (χ3v) is 5.70. The number of sulfonamides is 1. The molecule has 21 heavy (non-hydrogen) atoms. The molecule has 0 radical (unpaired) electrons. The first-order valence-corrected chi connectivity index (χ1v) is 8.40. The Morgan fingerprint density at radius 3 is 2.81 bits per heavy atom. The van der Waals surface area contributed by atoms with Gasteiger partial charge in [-0.1, -0.05) is 0 Å². The summed E-state index contributed by atoms with van der Waals surface area (Å²) in [6, 6.07) is 8.51. The fourth-order valence-electron chi connectivity index (χ4n) is 1.78. The zero-order valence-corrected chi connectivity index (χ0v) is 12.7. The van der Waals surface area contributed by atoms with Crippen LogP contribution in [0.1, 0.15) is 5.69 Å². The van der Waals surface area contributed by atoms with Gasteiger partial charge in [-0.3, -0.25) is 14.8 Å². The number of nitrogens with one attached hydrogen (secondary N) is 2. The summed E-state index contributed by atoms with van der Waals surface area (Å²) in [6.45, 7) is 1.89. The van der Waals surface area contributed by atoms with Crippen molar-refractivity contribution in [1.82, 2.24) is 15.2 Å². The minimum absolute atomic E-state index is 0.238. The Labute approximate surface area is 125 Å². The summed E-state index contributed by atoms with van der Waals surface area (Å²) in [7, 11) is -3.60. The summed E-state index contributed by atoms with van der Waals surface area (Å²) in [5.74, 6) is 0. The van der Waals surface area contributed by atoms with Crippen LogP contribution >= 0.6 is 11.3 Å². The number of hydrogen-bond acceptors (Lipinski definition) is 5. The highest BCUT2D eigenvalue weighted by molar-refractivity contribution is 7.94. The molecular formula is C13H12N4O2S2. The summed E-state index contributed by atoms with van der Waals surface area (Å²) in [4.78, 5) is 4.68. The minimum atomic E-state index is -3.60. The van der Waals surface area contributed by atoms with Crippen molar-refractivity contribution < 1.29 is 8.42 Å². The minimum Gasteiger partial charge on any atom is -0.282 e. The van der Waals surface area contributed by atoms with E-state index in [1.165, 1.54) is 17.5 Å². The van der Waals surface area contributed by atoms with Crippen LogP contribution in [0.15, 0.2) is 46.9 Å². The molecular weight excluding hydrogens is 308 g/mol. The predicted octanol–water partition coefficient (Wildman–Crippen LogP) is 2.64. The third-order valence-electron chi connectivity index (χ3n) is 2.72. The quantitative estimate of drug-likeness (QED) is 0.773. The molecule has 0 aliphatic heterocycles. The largest absolute Gasteiger partial charge is 0.282 e. The highest BCUT2D eigenvalue weighted by Crippen LogP contribution is 2.30. The molecule has 0 aliphatic carbocycles. The van der Waals surface area contributed by atoms with Gasteiger partial charge < -0.3 is 0 Å². The molecule has 0 unspecified atom stereocenters. The van der Waals surface area contributed by atoms with Gasteiger partial charge >= 0.3 is 0 Å². The van der Waals surface area contributed by atoms with Crippen LogP contribution in [-0.2, 0) is 10.0 Å². The van der Waals surface area contributed by atoms with Crippen molar-refractivity contribution in [3.63, 3.8) is 0 Å². The van der Waals surface area contributed by atoms with E-state index >= 15 is 0 Å². The molecule has 0 saturated heterocycles. The number of hydrogen-bond donors (Lipinski definition) is 2. The number of aromatic nitrogens is 3. The van der Waals surface area contributed by atoms with E-state index in [2.05, 4.69) is 19.9 Å². The maximum atomic E-state index is 12.3. The lowest BCUT2D eigenvalue weighted by molar-refractivity contribution is 0.603. The molecule has 3 aromatic rings. The molecule has 6 nitrogen and oxygen atoms in total. The molecule has 0 saturated carbocycles. The lowest BCUT2D eigenvalue weighted by Gasteiger charge is -2.04. The van der Waals surface area contributed by atoms with Crippen molar-refractivity contribution in [3.05, 3.63) is 48.4 Å². The van der Waals surface area contributed by atoms with Gasteiger partial charge in [0.15, 0.2) is 0 Å². The Hall–Kier alpha value is -2.19. The van der Waals surface area contributed by atoms with E-state index < -0.39 is 10.0 Å². The molecule has 2 N–H and O–H groups in total. The van der Waals surface area contributed by atoms with Crippen LogP contribution in [0.25, 0.3) is 10.6 Å². The molecule has 0 bridgehead atoms. The summed E-state index contributed by atoms with van der Waals surface area (Å²) < 4.78 is 27.3. The van der Waals surface area contributed by atoms with E-state index in [1.54, 1.807) is 30.5 Å². The maximum Gasteiger partial charge on any atom is 0.271 e. The number of anilines is 1. The number of nitrogens with zero attached hydrogens (tertiary/aromatic N) is 2. The lowest BCUT2D eigenvalue weighted by Crippen LogP contribution is -2.11. The maximum absolute atomic E-state index is 12.3. The molecule has 0 aliphatic rings. The Morgan fingerprint density at radius 1 is 1.29 bits per heavy atom. The van der Waals surface area contributed by atoms with Gasteiger partial charge in [0.05, 0.1) is 16.8 Å². The second-order valence-electron chi connectivity index (χ2n) is 4.40. The van der Waals surface area contributed by atoms with Crippen molar-refractivity contribution in [2.45, 2.75) is 11.1 Å². The first-order chi connectivity index (χ1) is 10.0. The van der Waals surface area contributed by atoms with Gasteiger partial charge in [0.1, 0.15) is 9.90 Å². The highest BCUT2D eigenvalue weighted by atomic mass is 32.2. The highest BCUT2D eigenvalue weighted by Gasteiger charge is 2.18. The predicted molar refractivity (Wildman–Crippen MR) is 81.7 cm³/mol. The summed E-state index contributed by atoms with van der Waals surface area (Å²) in [5.41, 5.74) is 2.10. The Morgan fingerprint density at radius 2 is 2.14 bits per heavy atom. The first kappa shape index (κ1) is 13.8. The van der Waals surface area contributed by atoms with Crippen molar-refractivity contribution in [2.24, 2.45) is 0 Å². The molecule has 0 atom stereocenters. The molecule has 3 aromatic heterocycles. The smallest absolute Gasteiger partial charge is 0.271 e. The number of aryl methyl sites for hydroxylation is 1. The molecule has 0 aromatic carbocycles. The normalized spacial score (nSPS) is 11.5. The van der Waals surface area contributed by atoms with E-state index in [1.807, 2.05) is 13.0 Å². The van der Waals surface area contributed by atoms with E-state index in [0.29, 0.717) is 5.69 Å². The van der Waals surface area contributed by atoms with Crippen LogP contribution in [-0.4, -0.2) is 23.6 Å². The van der Waals surface area contributed by atoms with Crippen LogP contribution in [0.4, 0.5) is 5.69 Å². The molecule has 0 amide bonds. The van der Waals surface area contributed by atoms with Crippen LogP contribution < -0.4 is 4.72 Å². The van der Waals surface area contributed by atoms with Gasteiger partial charge in [0, 0.05) is 11.9 Å². The van der Waals surface area contributed by atoms with E-state index in [9.17, 15) is 8.42 Å². The monoisotopic (exact) mass is 320 g/mol. The number of thiophene rings is 1. The second kappa shape index (κ2) is 5.30. The molecule has 0 fully saturated rings. The molecule has 8 heteroatoms. The van der Waals surface area contributed by atoms with E-state index in [-0.39, 0.29) is 4.21 Å². The summed E-state index contributed by atoms with van der Waals surface area (Å²) in [6.07, 6.45) is 3.05. The zero-order chi connectivity index (χ0) is 14.9. The Kier molecular flexibility index (Phi) is 3.48. The van der Waals surface area contributed by atoms with Crippen molar-refractivity contribution in [1.29, 1.82) is 0 Å². The van der Waals surface area contributed by atoms with Crippen molar-refractivity contribution >= 4 is 27.0 Å². The van der Waals surface area contributed by atoms with Gasteiger partial charge in [-0.2, -0.15) is 5.10 Å². The number of rotatable bonds is 4. The van der Waals surface area contributed by atoms with Crippen LogP contribution in [0, 0.1) is 6.92 Å². The molecule has 3 heterocycles. The van der Waals surface area contributed by atoms with Crippen LogP contribution in [0.5, 0.6) is 0 Å². The SMILES string of the molecule is Cc1cc(-c2ccc(S(=O)(=O)Nc3cccnc3)s2)n[nH]1. The van der Waals surface area contributed by atoms with Crippen LogP contribution in [0.2, 0.25) is 0 Å². The first-order valence-electron chi connectivity index (χ1n) is 6.10. The Balaban J connectivity index is 1.88. The fourth-order valence-corrected chi connectivity index (χ4v) is 4.09. The van der Waals surface area contributed by atoms with Crippen molar-refractivity contribution in [2.75, 3.05) is 4.72 Å². The van der Waals surface area contributed by atoms with Gasteiger partial charge in [0.2, 0.25) is 0 Å². The third kappa shape index (κ3) is 2.96. The number of pyridine rings is 1. The molecule has 108 valence electrons. The lowest BCUT2D eigenvalue weighted by atomic mass is 10.3. The molecule has 0 spiro atoms. The van der Waals surface area contributed by atoms with Gasteiger partial charge in [-0.15, -0.1) is 11.3 Å². The second-order valence-corrected chi connectivity index (χ2v) is 7.40. The zero-order valence-electron chi connectivity index (χ0n) is 11.1. The average molecular weight is 320 g/mol. The summed E-state index contributed by atoms with van der Waals surface area (Å²) >= 11 is 1.17. The van der Waals surface area contributed by atoms with Crippen LogP contribution in [0.3, 0.4) is 0 Å².